The lowest BCUT2D eigenvalue weighted by Gasteiger charge is -2.26. The summed E-state index contributed by atoms with van der Waals surface area (Å²) in [5.74, 6) is 0.619. The largest absolute Gasteiger partial charge is 0.456 e. The van der Waals surface area contributed by atoms with Gasteiger partial charge in [0.1, 0.15) is 16.7 Å². The highest BCUT2D eigenvalue weighted by molar-refractivity contribution is 7.26. The molecule has 0 saturated carbocycles. The molecule has 5 heteroatoms. The number of oxazole rings is 1. The van der Waals surface area contributed by atoms with Gasteiger partial charge in [-0.3, -0.25) is 0 Å². The molecule has 3 heterocycles. The smallest absolute Gasteiger partial charge is 0.228 e. The van der Waals surface area contributed by atoms with Crippen molar-refractivity contribution in [2.75, 3.05) is 4.90 Å². The van der Waals surface area contributed by atoms with Crippen LogP contribution in [0.25, 0.3) is 81.9 Å². The van der Waals surface area contributed by atoms with Crippen molar-refractivity contribution < 1.29 is 8.83 Å². The number of hydrogen-bond donors (Lipinski definition) is 0. The van der Waals surface area contributed by atoms with Crippen LogP contribution in [0.2, 0.25) is 0 Å². The van der Waals surface area contributed by atoms with Gasteiger partial charge in [-0.1, -0.05) is 91.0 Å². The fourth-order valence-corrected chi connectivity index (χ4v) is 9.14. The fraction of sp³-hybridized carbons (Fsp3) is 0.0426. The van der Waals surface area contributed by atoms with E-state index in [1.165, 1.54) is 42.2 Å². The van der Waals surface area contributed by atoms with E-state index in [1.54, 1.807) is 0 Å². The number of benzene rings is 7. The van der Waals surface area contributed by atoms with Crippen molar-refractivity contribution >= 4 is 87.7 Å². The molecular formula is C47H30N2O2S. The number of rotatable bonds is 5. The van der Waals surface area contributed by atoms with Gasteiger partial charge in [0, 0.05) is 53.9 Å². The quantitative estimate of drug-likeness (QED) is 0.181. The zero-order valence-corrected chi connectivity index (χ0v) is 28.9. The first kappa shape index (κ1) is 29.3. The van der Waals surface area contributed by atoms with Gasteiger partial charge in [-0.2, -0.15) is 0 Å². The third-order valence-electron chi connectivity index (χ3n) is 10.4. The molecule has 0 amide bonds. The summed E-state index contributed by atoms with van der Waals surface area (Å²) in [7, 11) is 0. The molecule has 0 unspecified atom stereocenters. The van der Waals surface area contributed by atoms with E-state index in [0.29, 0.717) is 5.89 Å². The predicted octanol–water partition coefficient (Wildman–Crippen LogP) is 13.9. The zero-order valence-electron chi connectivity index (χ0n) is 28.0. The molecule has 1 aliphatic carbocycles. The molecule has 11 rings (SSSR count). The number of hydrogen-bond acceptors (Lipinski definition) is 5. The third kappa shape index (κ3) is 4.56. The van der Waals surface area contributed by atoms with Crippen LogP contribution in [0.4, 0.5) is 17.1 Å². The first-order valence-corrected chi connectivity index (χ1v) is 18.5. The third-order valence-corrected chi connectivity index (χ3v) is 11.5. The van der Waals surface area contributed by atoms with Crippen LogP contribution in [0.1, 0.15) is 17.5 Å². The van der Waals surface area contributed by atoms with Gasteiger partial charge in [-0.15, -0.1) is 11.3 Å². The highest BCUT2D eigenvalue weighted by atomic mass is 32.1. The Morgan fingerprint density at radius 2 is 1.37 bits per heavy atom. The van der Waals surface area contributed by atoms with Crippen LogP contribution in [0.15, 0.2) is 161 Å². The van der Waals surface area contributed by atoms with Crippen molar-refractivity contribution in [1.82, 2.24) is 4.98 Å². The monoisotopic (exact) mass is 686 g/mol. The van der Waals surface area contributed by atoms with E-state index in [4.69, 9.17) is 13.8 Å². The molecule has 0 N–H and O–H groups in total. The Balaban J connectivity index is 1.12. The van der Waals surface area contributed by atoms with Crippen LogP contribution < -0.4 is 4.90 Å². The molecule has 0 spiro atoms. The number of furan rings is 1. The highest BCUT2D eigenvalue weighted by Gasteiger charge is 2.24. The number of thiophene rings is 1. The van der Waals surface area contributed by atoms with E-state index in [1.807, 2.05) is 35.6 Å². The zero-order chi connectivity index (χ0) is 34.2. The maximum Gasteiger partial charge on any atom is 0.228 e. The molecule has 0 bridgehead atoms. The van der Waals surface area contributed by atoms with Crippen molar-refractivity contribution in [2.24, 2.45) is 0 Å². The van der Waals surface area contributed by atoms with Crippen molar-refractivity contribution in [3.8, 4) is 22.6 Å². The maximum atomic E-state index is 6.82. The number of aromatic nitrogens is 1. The summed E-state index contributed by atoms with van der Waals surface area (Å²) in [4.78, 5) is 7.26. The summed E-state index contributed by atoms with van der Waals surface area (Å²) in [6.45, 7) is 0. The maximum absolute atomic E-state index is 6.82. The van der Waals surface area contributed by atoms with E-state index in [-0.39, 0.29) is 0 Å². The van der Waals surface area contributed by atoms with E-state index < -0.39 is 0 Å². The van der Waals surface area contributed by atoms with E-state index in [0.717, 1.165) is 68.7 Å². The second-order valence-electron chi connectivity index (χ2n) is 13.4. The highest BCUT2D eigenvalue weighted by Crippen LogP contribution is 2.47. The average Bonchev–Trinajstić information content (AvgIpc) is 3.92. The Morgan fingerprint density at radius 3 is 2.27 bits per heavy atom. The van der Waals surface area contributed by atoms with Gasteiger partial charge < -0.3 is 13.7 Å². The molecule has 0 saturated heterocycles. The van der Waals surface area contributed by atoms with Gasteiger partial charge in [0.15, 0.2) is 5.58 Å². The Labute approximate surface area is 303 Å². The van der Waals surface area contributed by atoms with Crippen LogP contribution in [0.3, 0.4) is 0 Å². The molecule has 7 aromatic carbocycles. The van der Waals surface area contributed by atoms with Crippen molar-refractivity contribution in [3.05, 3.63) is 163 Å². The first-order chi connectivity index (χ1) is 25.8. The van der Waals surface area contributed by atoms with Crippen LogP contribution >= 0.6 is 11.3 Å². The predicted molar refractivity (Wildman–Crippen MR) is 217 cm³/mol. The minimum absolute atomic E-state index is 0.619. The number of para-hydroxylation sites is 2. The van der Waals surface area contributed by atoms with Crippen LogP contribution in [-0.2, 0) is 6.42 Å². The van der Waals surface area contributed by atoms with Gasteiger partial charge in [-0.25, -0.2) is 4.98 Å². The number of nitrogens with zero attached hydrogens (tertiary/aromatic N) is 2. The summed E-state index contributed by atoms with van der Waals surface area (Å²) in [6.07, 6.45) is 6.38. The number of anilines is 3. The molecule has 1 aliphatic rings. The van der Waals surface area contributed by atoms with Crippen LogP contribution in [0.5, 0.6) is 0 Å². The minimum atomic E-state index is 0.619. The van der Waals surface area contributed by atoms with E-state index in [9.17, 15) is 0 Å². The molecule has 246 valence electrons. The minimum Gasteiger partial charge on any atom is -0.456 e. The standard InChI is InChI=1S/C47H30N2O2S/c1-2-11-29(12-3-1)30-21-23-31(24-22-30)49(39-17-10-20-44-46(39)36-15-6-9-19-43(36)52-44)32-25-26-35-41(27-32)50-42-28-37(33-13-4-5-14-34(33)45(35)42)47-48-38-16-7-8-18-40(38)51-47/h1-4,6-13,15-28H,5,14H2. The normalized spacial score (nSPS) is 12.8. The van der Waals surface area contributed by atoms with Gasteiger partial charge in [-0.05, 0) is 95.8 Å². The molecule has 52 heavy (non-hydrogen) atoms. The van der Waals surface area contributed by atoms with Crippen LogP contribution in [0, 0.1) is 0 Å². The first-order valence-electron chi connectivity index (χ1n) is 17.7. The molecule has 0 atom stereocenters. The molecule has 0 fully saturated rings. The number of fused-ring (bicyclic) bond motifs is 9. The summed E-state index contributed by atoms with van der Waals surface area (Å²) in [5, 5.41) is 4.81. The summed E-state index contributed by atoms with van der Waals surface area (Å²) >= 11 is 1.84. The second kappa shape index (κ2) is 11.6. The summed E-state index contributed by atoms with van der Waals surface area (Å²) in [6, 6.07) is 51.5. The van der Waals surface area contributed by atoms with Crippen molar-refractivity contribution in [3.63, 3.8) is 0 Å². The Bertz CT molecular complexity index is 2990. The van der Waals surface area contributed by atoms with Crippen LogP contribution in [-0.4, -0.2) is 4.98 Å². The molecule has 0 radical (unpaired) electrons. The van der Waals surface area contributed by atoms with Crippen molar-refractivity contribution in [1.29, 1.82) is 0 Å². The molecule has 10 aromatic rings. The molecule has 4 nitrogen and oxygen atoms in total. The van der Waals surface area contributed by atoms with Gasteiger partial charge in [0.2, 0.25) is 5.89 Å². The lowest BCUT2D eigenvalue weighted by atomic mass is 9.89. The molecule has 3 aromatic heterocycles. The van der Waals surface area contributed by atoms with E-state index in [2.05, 4.69) is 138 Å². The lowest BCUT2D eigenvalue weighted by Crippen LogP contribution is -2.10. The average molecular weight is 687 g/mol. The Hall–Kier alpha value is -6.43. The van der Waals surface area contributed by atoms with Gasteiger partial charge in [0.25, 0.3) is 0 Å². The van der Waals surface area contributed by atoms with E-state index >= 15 is 0 Å². The fourth-order valence-electron chi connectivity index (χ4n) is 8.01. The van der Waals surface area contributed by atoms with Crippen molar-refractivity contribution in [2.45, 2.75) is 12.8 Å². The molecular weight excluding hydrogens is 657 g/mol. The molecule has 0 aliphatic heterocycles. The Morgan fingerprint density at radius 1 is 0.577 bits per heavy atom. The van der Waals surface area contributed by atoms with Gasteiger partial charge in [0.05, 0.1) is 5.69 Å². The lowest BCUT2D eigenvalue weighted by molar-refractivity contribution is 0.618. The summed E-state index contributed by atoms with van der Waals surface area (Å²) in [5.41, 5.74) is 12.4. The number of aryl methyl sites for hydroxylation is 1. The Kier molecular flexibility index (Phi) is 6.51. The summed E-state index contributed by atoms with van der Waals surface area (Å²) < 4.78 is 15.7. The topological polar surface area (TPSA) is 42.4 Å². The number of allylic oxidation sites excluding steroid dienone is 1. The SMILES string of the molecule is C1=Cc2c(-c3nc4ccccc4o3)cc3oc4cc(N(c5ccc(-c6ccccc6)cc5)c5cccc6sc7ccccc7c56)ccc4c3c2CC1. The van der Waals surface area contributed by atoms with Gasteiger partial charge >= 0.3 is 0 Å². The second-order valence-corrected chi connectivity index (χ2v) is 14.5.